The fraction of sp³-hybridized carbons (Fsp3) is 0.316. The largest absolute Gasteiger partial charge is 0.444 e. The molecule has 1 N–H and O–H groups in total. The lowest BCUT2D eigenvalue weighted by atomic mass is 10.0. The molecule has 0 aliphatic heterocycles. The third-order valence-electron chi connectivity index (χ3n) is 3.77. The van der Waals surface area contributed by atoms with E-state index in [1.54, 1.807) is 0 Å². The minimum Gasteiger partial charge on any atom is -0.444 e. The molecule has 1 amide bonds. The minimum absolute atomic E-state index is 0.374. The molecule has 0 radical (unpaired) electrons. The van der Waals surface area contributed by atoms with Crippen LogP contribution in [0.25, 0.3) is 11.1 Å². The zero-order valence-electron chi connectivity index (χ0n) is 13.3. The molecular formula is C19H21NO2. The zero-order chi connectivity index (χ0) is 15.7. The van der Waals surface area contributed by atoms with Gasteiger partial charge in [-0.3, -0.25) is 0 Å². The summed E-state index contributed by atoms with van der Waals surface area (Å²) in [6.45, 7) is 6.09. The number of carbonyl (C=O) groups is 1. The zero-order valence-corrected chi connectivity index (χ0v) is 13.3. The summed E-state index contributed by atoms with van der Waals surface area (Å²) < 4.78 is 5.29. The molecule has 0 saturated carbocycles. The number of ether oxygens (including phenoxy) is 1. The Kier molecular flexibility index (Phi) is 3.65. The van der Waals surface area contributed by atoms with Crippen LogP contribution >= 0.6 is 0 Å². The molecule has 2 aromatic rings. The van der Waals surface area contributed by atoms with Crippen molar-refractivity contribution in [2.75, 3.05) is 0 Å². The molecule has 3 heteroatoms. The van der Waals surface area contributed by atoms with Gasteiger partial charge in [0.2, 0.25) is 0 Å². The molecule has 1 aliphatic rings. The second kappa shape index (κ2) is 5.48. The van der Waals surface area contributed by atoms with Crippen LogP contribution in [0, 0.1) is 0 Å². The van der Waals surface area contributed by atoms with E-state index < -0.39 is 5.60 Å². The van der Waals surface area contributed by atoms with Crippen LogP contribution in [0.2, 0.25) is 0 Å². The second-order valence-electron chi connectivity index (χ2n) is 6.63. The SMILES string of the molecule is CC(C)(C)OC(=O)NCc1cccc2c1Cc1ccccc1-2. The van der Waals surface area contributed by atoms with Gasteiger partial charge in [0.1, 0.15) is 5.60 Å². The molecule has 3 rings (SSSR count). The highest BCUT2D eigenvalue weighted by atomic mass is 16.6. The summed E-state index contributed by atoms with van der Waals surface area (Å²) in [5.74, 6) is 0. The maximum absolute atomic E-state index is 11.8. The monoisotopic (exact) mass is 295 g/mol. The molecule has 0 unspecified atom stereocenters. The average molecular weight is 295 g/mol. The number of hydrogen-bond donors (Lipinski definition) is 1. The molecule has 0 heterocycles. The van der Waals surface area contributed by atoms with Crippen molar-refractivity contribution in [1.29, 1.82) is 0 Å². The van der Waals surface area contributed by atoms with Crippen molar-refractivity contribution in [2.24, 2.45) is 0 Å². The highest BCUT2D eigenvalue weighted by Gasteiger charge is 2.21. The molecule has 0 aromatic heterocycles. The van der Waals surface area contributed by atoms with Crippen molar-refractivity contribution in [3.8, 4) is 11.1 Å². The predicted octanol–water partition coefficient (Wildman–Crippen LogP) is 4.28. The van der Waals surface area contributed by atoms with Gasteiger partial charge in [-0.25, -0.2) is 4.79 Å². The lowest BCUT2D eigenvalue weighted by molar-refractivity contribution is 0.0523. The van der Waals surface area contributed by atoms with Crippen molar-refractivity contribution < 1.29 is 9.53 Å². The van der Waals surface area contributed by atoms with Crippen LogP contribution in [0.15, 0.2) is 42.5 Å². The van der Waals surface area contributed by atoms with Crippen molar-refractivity contribution in [3.63, 3.8) is 0 Å². The van der Waals surface area contributed by atoms with E-state index >= 15 is 0 Å². The van der Waals surface area contributed by atoms with Gasteiger partial charge in [0.15, 0.2) is 0 Å². The summed E-state index contributed by atoms with van der Waals surface area (Å²) >= 11 is 0. The number of rotatable bonds is 2. The smallest absolute Gasteiger partial charge is 0.407 e. The molecule has 2 aromatic carbocycles. The van der Waals surface area contributed by atoms with Gasteiger partial charge in [-0.05, 0) is 55.0 Å². The lowest BCUT2D eigenvalue weighted by Gasteiger charge is -2.20. The maximum atomic E-state index is 11.8. The maximum Gasteiger partial charge on any atom is 0.407 e. The van der Waals surface area contributed by atoms with E-state index in [2.05, 4.69) is 41.7 Å². The molecule has 0 spiro atoms. The normalized spacial score (nSPS) is 12.5. The first-order valence-electron chi connectivity index (χ1n) is 7.60. The number of hydrogen-bond acceptors (Lipinski definition) is 2. The minimum atomic E-state index is -0.473. The van der Waals surface area contributed by atoms with Gasteiger partial charge < -0.3 is 10.1 Å². The van der Waals surface area contributed by atoms with Gasteiger partial charge in [0.25, 0.3) is 0 Å². The van der Waals surface area contributed by atoms with Crippen molar-refractivity contribution in [1.82, 2.24) is 5.32 Å². The second-order valence-corrected chi connectivity index (χ2v) is 6.63. The Morgan fingerprint density at radius 1 is 1.09 bits per heavy atom. The van der Waals surface area contributed by atoms with E-state index in [1.165, 1.54) is 22.3 Å². The molecule has 114 valence electrons. The molecule has 0 fully saturated rings. The summed E-state index contributed by atoms with van der Waals surface area (Å²) in [4.78, 5) is 11.8. The quantitative estimate of drug-likeness (QED) is 0.766. The van der Waals surface area contributed by atoms with E-state index in [-0.39, 0.29) is 6.09 Å². The molecule has 0 bridgehead atoms. The Labute approximate surface area is 131 Å². The molecule has 1 aliphatic carbocycles. The van der Waals surface area contributed by atoms with Crippen LogP contribution in [-0.2, 0) is 17.7 Å². The number of benzene rings is 2. The summed E-state index contributed by atoms with van der Waals surface area (Å²) in [5.41, 5.74) is 5.91. The number of carbonyl (C=O) groups excluding carboxylic acids is 1. The molecule has 0 saturated heterocycles. The summed E-state index contributed by atoms with van der Waals surface area (Å²) in [6.07, 6.45) is 0.554. The van der Waals surface area contributed by atoms with E-state index in [0.29, 0.717) is 6.54 Å². The van der Waals surface area contributed by atoms with Crippen LogP contribution in [0.5, 0.6) is 0 Å². The lowest BCUT2D eigenvalue weighted by Crippen LogP contribution is -2.32. The summed E-state index contributed by atoms with van der Waals surface area (Å²) in [7, 11) is 0. The van der Waals surface area contributed by atoms with Crippen molar-refractivity contribution in [3.05, 3.63) is 59.2 Å². The van der Waals surface area contributed by atoms with Crippen LogP contribution in [0.4, 0.5) is 4.79 Å². The van der Waals surface area contributed by atoms with Gasteiger partial charge in [-0.1, -0.05) is 42.5 Å². The standard InChI is InChI=1S/C19H21NO2/c1-19(2,3)22-18(21)20-12-14-8-6-10-16-15-9-5-4-7-13(15)11-17(14)16/h4-10H,11-12H2,1-3H3,(H,20,21). The van der Waals surface area contributed by atoms with Crippen LogP contribution in [-0.4, -0.2) is 11.7 Å². The van der Waals surface area contributed by atoms with Crippen molar-refractivity contribution in [2.45, 2.75) is 39.3 Å². The van der Waals surface area contributed by atoms with E-state index in [9.17, 15) is 4.79 Å². The fourth-order valence-electron chi connectivity index (χ4n) is 2.87. The Morgan fingerprint density at radius 3 is 2.59 bits per heavy atom. The molecule has 0 atom stereocenters. The number of amides is 1. The number of alkyl carbamates (subject to hydrolysis) is 1. The van der Waals surface area contributed by atoms with Gasteiger partial charge >= 0.3 is 6.09 Å². The van der Waals surface area contributed by atoms with Crippen LogP contribution in [0.1, 0.15) is 37.5 Å². The first kappa shape index (κ1) is 14.6. The van der Waals surface area contributed by atoms with Crippen molar-refractivity contribution >= 4 is 6.09 Å². The van der Waals surface area contributed by atoms with Gasteiger partial charge in [-0.15, -0.1) is 0 Å². The van der Waals surface area contributed by atoms with Gasteiger partial charge in [0, 0.05) is 6.54 Å². The molecular weight excluding hydrogens is 274 g/mol. The van der Waals surface area contributed by atoms with Gasteiger partial charge in [-0.2, -0.15) is 0 Å². The van der Waals surface area contributed by atoms with Crippen LogP contribution < -0.4 is 5.32 Å². The number of fused-ring (bicyclic) bond motifs is 3. The summed E-state index contributed by atoms with van der Waals surface area (Å²) in [6, 6.07) is 14.7. The third-order valence-corrected chi connectivity index (χ3v) is 3.77. The predicted molar refractivity (Wildman–Crippen MR) is 87.8 cm³/mol. The highest BCUT2D eigenvalue weighted by Crippen LogP contribution is 2.37. The number of nitrogens with one attached hydrogen (secondary N) is 1. The Hall–Kier alpha value is -2.29. The first-order chi connectivity index (χ1) is 10.4. The Bertz CT molecular complexity index is 714. The van der Waals surface area contributed by atoms with E-state index in [0.717, 1.165) is 12.0 Å². The summed E-state index contributed by atoms with van der Waals surface area (Å²) in [5, 5.41) is 2.85. The molecule has 3 nitrogen and oxygen atoms in total. The Morgan fingerprint density at radius 2 is 1.82 bits per heavy atom. The fourth-order valence-corrected chi connectivity index (χ4v) is 2.87. The first-order valence-corrected chi connectivity index (χ1v) is 7.60. The van der Waals surface area contributed by atoms with Crippen LogP contribution in [0.3, 0.4) is 0 Å². The third kappa shape index (κ3) is 2.98. The topological polar surface area (TPSA) is 38.3 Å². The van der Waals surface area contributed by atoms with E-state index in [1.807, 2.05) is 26.8 Å². The van der Waals surface area contributed by atoms with E-state index in [4.69, 9.17) is 4.74 Å². The average Bonchev–Trinajstić information content (AvgIpc) is 2.82. The molecule has 22 heavy (non-hydrogen) atoms. The highest BCUT2D eigenvalue weighted by molar-refractivity contribution is 5.78. The Balaban J connectivity index is 1.76. The van der Waals surface area contributed by atoms with Gasteiger partial charge in [0.05, 0.1) is 0 Å².